The third kappa shape index (κ3) is 1.57. The summed E-state index contributed by atoms with van der Waals surface area (Å²) in [6, 6.07) is 0. The van der Waals surface area contributed by atoms with E-state index in [-0.39, 0.29) is 17.3 Å². The van der Waals surface area contributed by atoms with Gasteiger partial charge in [0.1, 0.15) is 0 Å². The van der Waals surface area contributed by atoms with Crippen LogP contribution in [-0.4, -0.2) is 23.9 Å². The van der Waals surface area contributed by atoms with Gasteiger partial charge in [-0.15, -0.1) is 0 Å². The average molecular weight is 158 g/mol. The molecule has 1 aliphatic heterocycles. The summed E-state index contributed by atoms with van der Waals surface area (Å²) in [7, 11) is 0. The highest BCUT2D eigenvalue weighted by atomic mass is 16.6. The Kier molecular flexibility index (Phi) is 2.01. The predicted molar refractivity (Wildman–Crippen MR) is 44.7 cm³/mol. The van der Waals surface area contributed by atoms with E-state index in [1.165, 1.54) is 0 Å². The van der Waals surface area contributed by atoms with Gasteiger partial charge in [0.05, 0.1) is 23.9 Å². The van der Waals surface area contributed by atoms with Crippen molar-refractivity contribution in [1.29, 1.82) is 0 Å². The summed E-state index contributed by atoms with van der Waals surface area (Å²) in [6.07, 6.45) is 0.220. The van der Waals surface area contributed by atoms with E-state index in [0.717, 1.165) is 0 Å². The highest BCUT2D eigenvalue weighted by molar-refractivity contribution is 4.92. The van der Waals surface area contributed by atoms with E-state index >= 15 is 0 Å². The lowest BCUT2D eigenvalue weighted by Crippen LogP contribution is -2.56. The number of rotatable bonds is 0. The molecule has 1 fully saturated rings. The normalized spacial score (nSPS) is 35.2. The van der Waals surface area contributed by atoms with Crippen LogP contribution in [0.4, 0.5) is 0 Å². The zero-order valence-electron chi connectivity index (χ0n) is 8.10. The van der Waals surface area contributed by atoms with Gasteiger partial charge in [-0.3, -0.25) is 0 Å². The van der Waals surface area contributed by atoms with E-state index in [1.807, 2.05) is 6.92 Å². The molecule has 0 aromatic carbocycles. The monoisotopic (exact) mass is 158 g/mol. The van der Waals surface area contributed by atoms with E-state index in [2.05, 4.69) is 27.7 Å². The Bertz CT molecular complexity index is 150. The summed E-state index contributed by atoms with van der Waals surface area (Å²) >= 11 is 0. The molecule has 1 rings (SSSR count). The molecule has 0 aromatic rings. The highest BCUT2D eigenvalue weighted by Gasteiger charge is 2.43. The Morgan fingerprint density at radius 1 is 1.09 bits per heavy atom. The fraction of sp³-hybridized carbons (Fsp3) is 1.00. The van der Waals surface area contributed by atoms with Crippen LogP contribution in [0.25, 0.3) is 0 Å². The number of hydrogen-bond donors (Lipinski definition) is 0. The molecule has 2 nitrogen and oxygen atoms in total. The zero-order chi connectivity index (χ0) is 8.70. The van der Waals surface area contributed by atoms with Gasteiger partial charge in [0.25, 0.3) is 0 Å². The molecule has 1 aliphatic rings. The second-order valence-electron chi connectivity index (χ2n) is 4.26. The van der Waals surface area contributed by atoms with Gasteiger partial charge in [-0.1, -0.05) is 0 Å². The van der Waals surface area contributed by atoms with Crippen LogP contribution in [0, 0.1) is 0 Å². The number of ether oxygens (including phenoxy) is 2. The first-order valence-electron chi connectivity index (χ1n) is 4.17. The van der Waals surface area contributed by atoms with Gasteiger partial charge < -0.3 is 9.47 Å². The van der Waals surface area contributed by atoms with Crippen LogP contribution in [0.5, 0.6) is 0 Å². The third-order valence-corrected chi connectivity index (χ3v) is 2.62. The fourth-order valence-electron chi connectivity index (χ4n) is 1.18. The summed E-state index contributed by atoms with van der Waals surface area (Å²) in [5.41, 5.74) is -0.343. The molecule has 0 aliphatic carbocycles. The fourth-order valence-corrected chi connectivity index (χ4v) is 1.18. The lowest BCUT2D eigenvalue weighted by molar-refractivity contribution is -0.257. The van der Waals surface area contributed by atoms with Crippen molar-refractivity contribution < 1.29 is 9.47 Å². The smallest absolute Gasteiger partial charge is 0.0914 e. The van der Waals surface area contributed by atoms with Crippen molar-refractivity contribution >= 4 is 0 Å². The summed E-state index contributed by atoms with van der Waals surface area (Å²) in [5.74, 6) is 0. The minimum atomic E-state index is -0.176. The van der Waals surface area contributed by atoms with E-state index in [0.29, 0.717) is 6.61 Å². The highest BCUT2D eigenvalue weighted by Crippen LogP contribution is 2.33. The van der Waals surface area contributed by atoms with Crippen molar-refractivity contribution in [3.63, 3.8) is 0 Å². The molecule has 0 aromatic heterocycles. The molecule has 0 N–H and O–H groups in total. The van der Waals surface area contributed by atoms with Gasteiger partial charge in [-0.2, -0.15) is 0 Å². The molecular formula is C9H18O2. The molecule has 0 bridgehead atoms. The maximum absolute atomic E-state index is 5.76. The van der Waals surface area contributed by atoms with Crippen LogP contribution in [-0.2, 0) is 9.47 Å². The summed E-state index contributed by atoms with van der Waals surface area (Å²) < 4.78 is 11.4. The molecule has 0 radical (unpaired) electrons. The first kappa shape index (κ1) is 9.01. The lowest BCUT2D eigenvalue weighted by atomic mass is 9.88. The predicted octanol–water partition coefficient (Wildman–Crippen LogP) is 1.98. The molecule has 66 valence electrons. The summed E-state index contributed by atoms with van der Waals surface area (Å²) in [5, 5.41) is 0. The molecule has 11 heavy (non-hydrogen) atoms. The first-order chi connectivity index (χ1) is 4.85. The summed E-state index contributed by atoms with van der Waals surface area (Å²) in [6.45, 7) is 11.0. The van der Waals surface area contributed by atoms with Crippen molar-refractivity contribution in [2.24, 2.45) is 0 Å². The molecule has 1 atom stereocenters. The topological polar surface area (TPSA) is 18.5 Å². The molecule has 0 saturated carbocycles. The van der Waals surface area contributed by atoms with Gasteiger partial charge in [-0.25, -0.2) is 0 Å². The maximum atomic E-state index is 5.76. The van der Waals surface area contributed by atoms with Crippen molar-refractivity contribution in [1.82, 2.24) is 0 Å². The van der Waals surface area contributed by atoms with Crippen LogP contribution in [0.2, 0.25) is 0 Å². The molecular weight excluding hydrogens is 140 g/mol. The van der Waals surface area contributed by atoms with Crippen molar-refractivity contribution in [3.05, 3.63) is 0 Å². The van der Waals surface area contributed by atoms with Gasteiger partial charge in [0.2, 0.25) is 0 Å². The Hall–Kier alpha value is -0.0800. The third-order valence-electron chi connectivity index (χ3n) is 2.62. The molecule has 1 saturated heterocycles. The Balaban J connectivity index is 2.72. The standard InChI is InChI=1S/C9H18O2/c1-7-6-10-8(2,3)9(4,5)11-7/h7H,6H2,1-5H3. The zero-order valence-corrected chi connectivity index (χ0v) is 8.10. The van der Waals surface area contributed by atoms with Crippen molar-refractivity contribution in [3.8, 4) is 0 Å². The molecule has 1 heterocycles. The van der Waals surface area contributed by atoms with Gasteiger partial charge >= 0.3 is 0 Å². The van der Waals surface area contributed by atoms with Crippen LogP contribution in [0.1, 0.15) is 34.6 Å². The average Bonchev–Trinajstić information content (AvgIpc) is 1.80. The van der Waals surface area contributed by atoms with Gasteiger partial charge in [0.15, 0.2) is 0 Å². The van der Waals surface area contributed by atoms with E-state index < -0.39 is 0 Å². The minimum absolute atomic E-state index is 0.167. The quantitative estimate of drug-likeness (QED) is 0.536. The largest absolute Gasteiger partial charge is 0.370 e. The van der Waals surface area contributed by atoms with Gasteiger partial charge in [0, 0.05) is 0 Å². The second-order valence-corrected chi connectivity index (χ2v) is 4.26. The lowest BCUT2D eigenvalue weighted by Gasteiger charge is -2.47. The second kappa shape index (κ2) is 2.46. The van der Waals surface area contributed by atoms with Crippen LogP contribution in [0.15, 0.2) is 0 Å². The molecule has 1 unspecified atom stereocenters. The van der Waals surface area contributed by atoms with Crippen molar-refractivity contribution in [2.75, 3.05) is 6.61 Å². The maximum Gasteiger partial charge on any atom is 0.0914 e. The van der Waals surface area contributed by atoms with Crippen molar-refractivity contribution in [2.45, 2.75) is 51.9 Å². The van der Waals surface area contributed by atoms with E-state index in [1.54, 1.807) is 0 Å². The Labute approximate surface area is 68.9 Å². The SMILES string of the molecule is CC1COC(C)(C)C(C)(C)O1. The van der Waals surface area contributed by atoms with E-state index in [9.17, 15) is 0 Å². The van der Waals surface area contributed by atoms with Crippen LogP contribution < -0.4 is 0 Å². The summed E-state index contributed by atoms with van der Waals surface area (Å²) in [4.78, 5) is 0. The van der Waals surface area contributed by atoms with E-state index in [4.69, 9.17) is 9.47 Å². The number of hydrogen-bond acceptors (Lipinski definition) is 2. The molecule has 2 heteroatoms. The van der Waals surface area contributed by atoms with Gasteiger partial charge in [-0.05, 0) is 34.6 Å². The first-order valence-corrected chi connectivity index (χ1v) is 4.17. The Morgan fingerprint density at radius 3 is 2.00 bits per heavy atom. The molecule has 0 spiro atoms. The minimum Gasteiger partial charge on any atom is -0.370 e. The molecule has 0 amide bonds. The van der Waals surface area contributed by atoms with Crippen LogP contribution in [0.3, 0.4) is 0 Å². The Morgan fingerprint density at radius 2 is 1.64 bits per heavy atom. The van der Waals surface area contributed by atoms with Crippen LogP contribution >= 0.6 is 0 Å².